The van der Waals surface area contributed by atoms with E-state index in [9.17, 15) is 4.79 Å². The molecular formula is C28H30BrN3O. The zero-order valence-corrected chi connectivity index (χ0v) is 20.6. The fraction of sp³-hybridized carbons (Fsp3) is 0.321. The van der Waals surface area contributed by atoms with Gasteiger partial charge in [-0.15, -0.1) is 0 Å². The van der Waals surface area contributed by atoms with E-state index in [0.717, 1.165) is 29.5 Å². The predicted molar refractivity (Wildman–Crippen MR) is 141 cm³/mol. The van der Waals surface area contributed by atoms with Crippen molar-refractivity contribution in [2.24, 2.45) is 0 Å². The highest BCUT2D eigenvalue weighted by Gasteiger charge is 2.26. The van der Waals surface area contributed by atoms with Crippen LogP contribution in [0.4, 0.5) is 10.5 Å². The van der Waals surface area contributed by atoms with Crippen LogP contribution in [0.5, 0.6) is 0 Å². The second-order valence-corrected chi connectivity index (χ2v) is 9.89. The molecule has 0 spiro atoms. The number of urea groups is 1. The Hall–Kier alpha value is -2.79. The summed E-state index contributed by atoms with van der Waals surface area (Å²) in [6, 6.07) is 23.4. The number of rotatable bonds is 5. The number of nitrogens with zero attached hydrogens (tertiary/aromatic N) is 2. The van der Waals surface area contributed by atoms with Gasteiger partial charge in [-0.1, -0.05) is 59.5 Å². The van der Waals surface area contributed by atoms with Gasteiger partial charge in [0.1, 0.15) is 0 Å². The zero-order chi connectivity index (χ0) is 22.8. The molecule has 0 bridgehead atoms. The molecule has 0 radical (unpaired) electrons. The Morgan fingerprint density at radius 1 is 0.970 bits per heavy atom. The molecule has 1 saturated carbocycles. The topological polar surface area (TPSA) is 37.3 Å². The standard InChI is InChI=1S/C28H30BrN3O/c1-2-31-26-11-7-6-10-24(26)25-18-20(12-17-27(25)31)19-32(23-8-4-3-5-9-23)28(33)30-22-15-13-21(29)14-16-22/h6-7,10-18,23H,2-5,8-9,19H2,1H3,(H,30,33). The number of nitrogens with one attached hydrogen (secondary N) is 1. The first-order chi connectivity index (χ1) is 16.1. The Balaban J connectivity index is 1.47. The molecule has 1 aliphatic rings. The van der Waals surface area contributed by atoms with E-state index in [0.29, 0.717) is 6.54 Å². The van der Waals surface area contributed by atoms with Gasteiger partial charge in [-0.25, -0.2) is 4.79 Å². The monoisotopic (exact) mass is 503 g/mol. The third-order valence-corrected chi connectivity index (χ3v) is 7.41. The quantitative estimate of drug-likeness (QED) is 0.294. The maximum Gasteiger partial charge on any atom is 0.322 e. The lowest BCUT2D eigenvalue weighted by molar-refractivity contribution is 0.163. The number of carbonyl (C=O) groups excluding carboxylic acids is 1. The Bertz CT molecular complexity index is 1270. The minimum absolute atomic E-state index is 0.0136. The van der Waals surface area contributed by atoms with Gasteiger partial charge in [0.05, 0.1) is 0 Å². The Labute approximate surface area is 203 Å². The van der Waals surface area contributed by atoms with E-state index in [1.807, 2.05) is 24.3 Å². The molecule has 170 valence electrons. The number of halogens is 1. The molecule has 0 aliphatic heterocycles. The molecule has 0 unspecified atom stereocenters. The summed E-state index contributed by atoms with van der Waals surface area (Å²) >= 11 is 3.47. The molecule has 4 nitrogen and oxygen atoms in total. The van der Waals surface area contributed by atoms with Crippen molar-refractivity contribution in [2.45, 2.75) is 58.2 Å². The summed E-state index contributed by atoms with van der Waals surface area (Å²) in [7, 11) is 0. The molecule has 4 aromatic rings. The van der Waals surface area contributed by atoms with E-state index in [2.05, 4.69) is 80.1 Å². The summed E-state index contributed by atoms with van der Waals surface area (Å²) < 4.78 is 3.37. The first-order valence-corrected chi connectivity index (χ1v) is 12.8. The Morgan fingerprint density at radius 3 is 2.45 bits per heavy atom. The smallest absolute Gasteiger partial charge is 0.322 e. The Morgan fingerprint density at radius 2 is 1.70 bits per heavy atom. The van der Waals surface area contributed by atoms with Crippen LogP contribution in [0.2, 0.25) is 0 Å². The van der Waals surface area contributed by atoms with Crippen LogP contribution >= 0.6 is 15.9 Å². The summed E-state index contributed by atoms with van der Waals surface area (Å²) in [6.07, 6.45) is 5.79. The van der Waals surface area contributed by atoms with E-state index in [-0.39, 0.29) is 12.1 Å². The summed E-state index contributed by atoms with van der Waals surface area (Å²) in [5, 5.41) is 5.67. The average Bonchev–Trinajstić information content (AvgIpc) is 3.17. The molecule has 2 amide bonds. The fourth-order valence-corrected chi connectivity index (χ4v) is 5.49. The highest BCUT2D eigenvalue weighted by atomic mass is 79.9. The highest BCUT2D eigenvalue weighted by molar-refractivity contribution is 9.10. The van der Waals surface area contributed by atoms with Crippen LogP contribution in [0.1, 0.15) is 44.6 Å². The number of hydrogen-bond acceptors (Lipinski definition) is 1. The van der Waals surface area contributed by atoms with Crippen molar-refractivity contribution in [1.29, 1.82) is 0 Å². The SMILES string of the molecule is CCn1c2ccccc2c2cc(CN(C(=O)Nc3ccc(Br)cc3)C3CCCCC3)ccc21. The number of hydrogen-bond donors (Lipinski definition) is 1. The van der Waals surface area contributed by atoms with Crippen LogP contribution in [0.15, 0.2) is 71.2 Å². The van der Waals surface area contributed by atoms with Crippen LogP contribution in [-0.2, 0) is 13.1 Å². The van der Waals surface area contributed by atoms with Crippen LogP contribution in [0.3, 0.4) is 0 Å². The lowest BCUT2D eigenvalue weighted by Crippen LogP contribution is -2.43. The molecule has 1 heterocycles. The molecule has 1 fully saturated rings. The summed E-state index contributed by atoms with van der Waals surface area (Å²) in [5.41, 5.74) is 4.53. The fourth-order valence-electron chi connectivity index (χ4n) is 5.22. The first-order valence-electron chi connectivity index (χ1n) is 12.0. The molecule has 5 rings (SSSR count). The van der Waals surface area contributed by atoms with Gasteiger partial charge in [-0.2, -0.15) is 0 Å². The summed E-state index contributed by atoms with van der Waals surface area (Å²) in [4.78, 5) is 15.5. The normalized spacial score (nSPS) is 14.6. The lowest BCUT2D eigenvalue weighted by Gasteiger charge is -2.34. The lowest BCUT2D eigenvalue weighted by atomic mass is 9.94. The number of amides is 2. The second kappa shape index (κ2) is 9.60. The number of carbonyl (C=O) groups is 1. The first kappa shape index (κ1) is 22.0. The van der Waals surface area contributed by atoms with E-state index < -0.39 is 0 Å². The van der Waals surface area contributed by atoms with Crippen LogP contribution < -0.4 is 5.32 Å². The van der Waals surface area contributed by atoms with Gasteiger partial charge in [0.15, 0.2) is 0 Å². The van der Waals surface area contributed by atoms with Crippen molar-refractivity contribution >= 4 is 49.5 Å². The minimum Gasteiger partial charge on any atom is -0.341 e. The van der Waals surface area contributed by atoms with E-state index >= 15 is 0 Å². The number of aryl methyl sites for hydroxylation is 1. The molecule has 1 aromatic heterocycles. The van der Waals surface area contributed by atoms with Gasteiger partial charge in [0.25, 0.3) is 0 Å². The predicted octanol–water partition coefficient (Wildman–Crippen LogP) is 7.94. The van der Waals surface area contributed by atoms with Gasteiger partial charge < -0.3 is 14.8 Å². The largest absolute Gasteiger partial charge is 0.341 e. The van der Waals surface area contributed by atoms with Gasteiger partial charge >= 0.3 is 6.03 Å². The Kier molecular flexibility index (Phi) is 6.41. The van der Waals surface area contributed by atoms with Crippen molar-refractivity contribution in [3.63, 3.8) is 0 Å². The van der Waals surface area contributed by atoms with E-state index in [1.54, 1.807) is 0 Å². The molecule has 0 saturated heterocycles. The van der Waals surface area contributed by atoms with Crippen LogP contribution in [0.25, 0.3) is 21.8 Å². The average molecular weight is 504 g/mol. The summed E-state index contributed by atoms with van der Waals surface area (Å²) in [5.74, 6) is 0. The third-order valence-electron chi connectivity index (χ3n) is 6.88. The molecule has 33 heavy (non-hydrogen) atoms. The highest BCUT2D eigenvalue weighted by Crippen LogP contribution is 2.31. The van der Waals surface area contributed by atoms with Crippen LogP contribution in [0, 0.1) is 0 Å². The minimum atomic E-state index is -0.0136. The van der Waals surface area contributed by atoms with Gasteiger partial charge in [-0.3, -0.25) is 0 Å². The maximum atomic E-state index is 13.4. The van der Waals surface area contributed by atoms with E-state index in [4.69, 9.17) is 0 Å². The maximum absolute atomic E-state index is 13.4. The molecule has 3 aromatic carbocycles. The van der Waals surface area contributed by atoms with Gasteiger partial charge in [0.2, 0.25) is 0 Å². The number of benzene rings is 3. The number of para-hydroxylation sites is 1. The molecular weight excluding hydrogens is 474 g/mol. The molecule has 5 heteroatoms. The molecule has 0 atom stereocenters. The third kappa shape index (κ3) is 4.51. The molecule has 1 aliphatic carbocycles. The van der Waals surface area contributed by atoms with Crippen molar-refractivity contribution in [3.05, 3.63) is 76.8 Å². The molecule has 1 N–H and O–H groups in total. The number of anilines is 1. The van der Waals surface area contributed by atoms with Crippen molar-refractivity contribution in [3.8, 4) is 0 Å². The van der Waals surface area contributed by atoms with E-state index in [1.165, 1.54) is 46.6 Å². The zero-order valence-electron chi connectivity index (χ0n) is 19.1. The summed E-state index contributed by atoms with van der Waals surface area (Å²) in [6.45, 7) is 3.75. The van der Waals surface area contributed by atoms with Crippen molar-refractivity contribution in [2.75, 3.05) is 5.32 Å². The van der Waals surface area contributed by atoms with Crippen molar-refractivity contribution in [1.82, 2.24) is 9.47 Å². The van der Waals surface area contributed by atoms with Gasteiger partial charge in [-0.05, 0) is 67.8 Å². The van der Waals surface area contributed by atoms with Crippen molar-refractivity contribution < 1.29 is 4.79 Å². The van der Waals surface area contributed by atoms with Crippen LogP contribution in [-0.4, -0.2) is 21.5 Å². The number of fused-ring (bicyclic) bond motifs is 3. The second-order valence-electron chi connectivity index (χ2n) is 8.97. The van der Waals surface area contributed by atoms with Gasteiger partial charge in [0, 0.05) is 51.1 Å². The number of aromatic nitrogens is 1.